The van der Waals surface area contributed by atoms with Crippen LogP contribution in [0.1, 0.15) is 12.6 Å². The van der Waals surface area contributed by atoms with Gasteiger partial charge in [-0.25, -0.2) is 4.98 Å². The van der Waals surface area contributed by atoms with E-state index >= 15 is 0 Å². The van der Waals surface area contributed by atoms with E-state index in [1.807, 2.05) is 16.3 Å². The van der Waals surface area contributed by atoms with E-state index in [1.54, 1.807) is 0 Å². The van der Waals surface area contributed by atoms with Crippen LogP contribution in [0.4, 0.5) is 5.95 Å². The van der Waals surface area contributed by atoms with Crippen LogP contribution in [0.2, 0.25) is 0 Å². The van der Waals surface area contributed by atoms with Gasteiger partial charge in [0.15, 0.2) is 5.65 Å². The Morgan fingerprint density at radius 3 is 2.95 bits per heavy atom. The Kier molecular flexibility index (Phi) is 3.16. The molecule has 0 radical (unpaired) electrons. The number of nitrogens with two attached hydrogens (primary N) is 1. The topological polar surface area (TPSA) is 80.1 Å². The third-order valence-corrected chi connectivity index (χ3v) is 3.43. The second-order valence-corrected chi connectivity index (χ2v) is 4.74. The number of ether oxygens (including phenoxy) is 2. The maximum atomic E-state index is 6.02. The monoisotopic (exact) mass is 265 g/mol. The highest BCUT2D eigenvalue weighted by molar-refractivity contribution is 5.77. The number of aryl methyl sites for hydroxylation is 2. The summed E-state index contributed by atoms with van der Waals surface area (Å²) in [5.41, 5.74) is 8.83. The zero-order chi connectivity index (χ0) is 13.4. The van der Waals surface area contributed by atoms with Crippen molar-refractivity contribution in [3.05, 3.63) is 5.69 Å². The summed E-state index contributed by atoms with van der Waals surface area (Å²) in [6.45, 7) is 4.60. The molecule has 1 saturated heterocycles. The van der Waals surface area contributed by atoms with Crippen LogP contribution in [0.15, 0.2) is 0 Å². The van der Waals surface area contributed by atoms with Gasteiger partial charge in [-0.1, -0.05) is 6.92 Å². The summed E-state index contributed by atoms with van der Waals surface area (Å²) in [4.78, 5) is 4.43. The third kappa shape index (κ3) is 2.08. The molecule has 0 bridgehead atoms. The van der Waals surface area contributed by atoms with Crippen LogP contribution in [0.25, 0.3) is 11.2 Å². The Hall–Kier alpha value is -1.60. The van der Waals surface area contributed by atoms with Crippen molar-refractivity contribution in [3.63, 3.8) is 0 Å². The Morgan fingerprint density at radius 2 is 2.26 bits per heavy atom. The van der Waals surface area contributed by atoms with Crippen molar-refractivity contribution in [2.45, 2.75) is 26.0 Å². The molecule has 1 unspecified atom stereocenters. The molecule has 104 valence electrons. The molecule has 1 atom stereocenters. The lowest BCUT2D eigenvalue weighted by Crippen LogP contribution is -2.32. The van der Waals surface area contributed by atoms with E-state index in [9.17, 15) is 0 Å². The Balaban J connectivity index is 1.97. The van der Waals surface area contributed by atoms with Crippen LogP contribution in [0.3, 0.4) is 0 Å². The van der Waals surface area contributed by atoms with Crippen molar-refractivity contribution in [3.8, 4) is 0 Å². The standard InChI is InChI=1S/C12H19N5O2/c1-3-9-10-11(16(2)15-9)17(12(13)14-10)6-8-7-18-4-5-19-8/h8H,3-7H2,1-2H3,(H2,13,14). The quantitative estimate of drug-likeness (QED) is 0.865. The summed E-state index contributed by atoms with van der Waals surface area (Å²) >= 11 is 0. The first kappa shape index (κ1) is 12.4. The molecule has 0 aliphatic carbocycles. The smallest absolute Gasteiger partial charge is 0.202 e. The zero-order valence-electron chi connectivity index (χ0n) is 11.3. The molecule has 1 aliphatic rings. The number of fused-ring (bicyclic) bond motifs is 1. The van der Waals surface area contributed by atoms with Gasteiger partial charge in [-0.05, 0) is 6.42 Å². The van der Waals surface area contributed by atoms with Gasteiger partial charge in [0.05, 0.1) is 38.2 Å². The van der Waals surface area contributed by atoms with E-state index in [2.05, 4.69) is 17.0 Å². The largest absolute Gasteiger partial charge is 0.376 e. The highest BCUT2D eigenvalue weighted by atomic mass is 16.6. The molecule has 0 aromatic carbocycles. The van der Waals surface area contributed by atoms with Crippen molar-refractivity contribution in [2.24, 2.45) is 7.05 Å². The number of imidazole rings is 1. The van der Waals surface area contributed by atoms with Gasteiger partial charge < -0.3 is 15.2 Å². The second-order valence-electron chi connectivity index (χ2n) is 4.74. The Labute approximate surface area is 111 Å². The maximum absolute atomic E-state index is 6.02. The molecule has 7 nitrogen and oxygen atoms in total. The lowest BCUT2D eigenvalue weighted by molar-refractivity contribution is -0.0931. The predicted octanol–water partition coefficient (Wildman–Crippen LogP) is 0.330. The first-order valence-electron chi connectivity index (χ1n) is 6.57. The molecule has 3 rings (SSSR count). The first-order chi connectivity index (χ1) is 9.20. The normalized spacial score (nSPS) is 20.2. The van der Waals surface area contributed by atoms with Crippen molar-refractivity contribution >= 4 is 17.1 Å². The van der Waals surface area contributed by atoms with Crippen LogP contribution in [-0.4, -0.2) is 45.3 Å². The molecule has 2 N–H and O–H groups in total. The highest BCUT2D eigenvalue weighted by Gasteiger charge is 2.21. The third-order valence-electron chi connectivity index (χ3n) is 3.43. The number of aromatic nitrogens is 4. The lowest BCUT2D eigenvalue weighted by atomic mass is 10.3. The molecule has 0 saturated carbocycles. The van der Waals surface area contributed by atoms with Gasteiger partial charge in [0, 0.05) is 7.05 Å². The summed E-state index contributed by atoms with van der Waals surface area (Å²) in [5.74, 6) is 0.506. The fraction of sp³-hybridized carbons (Fsp3) is 0.667. The molecule has 1 aliphatic heterocycles. The van der Waals surface area contributed by atoms with E-state index in [0.717, 1.165) is 23.3 Å². The second kappa shape index (κ2) is 4.82. The minimum absolute atomic E-state index is 0.0217. The lowest BCUT2D eigenvalue weighted by Gasteiger charge is -2.23. The fourth-order valence-electron chi connectivity index (χ4n) is 2.52. The van der Waals surface area contributed by atoms with E-state index in [-0.39, 0.29) is 6.10 Å². The molecule has 19 heavy (non-hydrogen) atoms. The Morgan fingerprint density at radius 1 is 1.42 bits per heavy atom. The predicted molar refractivity (Wildman–Crippen MR) is 70.8 cm³/mol. The van der Waals surface area contributed by atoms with Crippen molar-refractivity contribution in [1.29, 1.82) is 0 Å². The fourth-order valence-corrected chi connectivity index (χ4v) is 2.52. The Bertz CT molecular complexity index is 582. The minimum Gasteiger partial charge on any atom is -0.376 e. The minimum atomic E-state index is 0.0217. The van der Waals surface area contributed by atoms with Crippen LogP contribution < -0.4 is 5.73 Å². The summed E-state index contributed by atoms with van der Waals surface area (Å²) in [6.07, 6.45) is 0.866. The van der Waals surface area contributed by atoms with Gasteiger partial charge in [0.25, 0.3) is 0 Å². The van der Waals surface area contributed by atoms with Gasteiger partial charge in [-0.3, -0.25) is 9.25 Å². The summed E-state index contributed by atoms with van der Waals surface area (Å²) < 4.78 is 14.9. The number of nitrogen functional groups attached to an aromatic ring is 1. The molecule has 1 fully saturated rings. The van der Waals surface area contributed by atoms with E-state index in [0.29, 0.717) is 32.3 Å². The van der Waals surface area contributed by atoms with Gasteiger partial charge in [-0.2, -0.15) is 5.10 Å². The van der Waals surface area contributed by atoms with Crippen molar-refractivity contribution in [2.75, 3.05) is 25.6 Å². The number of hydrogen-bond acceptors (Lipinski definition) is 5. The van der Waals surface area contributed by atoms with E-state index in [1.165, 1.54) is 0 Å². The zero-order valence-corrected chi connectivity index (χ0v) is 11.3. The molecule has 2 aromatic heterocycles. The van der Waals surface area contributed by atoms with E-state index < -0.39 is 0 Å². The SMILES string of the molecule is CCc1nn(C)c2c1nc(N)n2CC1COCCO1. The van der Waals surface area contributed by atoms with Gasteiger partial charge >= 0.3 is 0 Å². The highest BCUT2D eigenvalue weighted by Crippen LogP contribution is 2.22. The molecular weight excluding hydrogens is 246 g/mol. The average Bonchev–Trinajstić information content (AvgIpc) is 2.90. The van der Waals surface area contributed by atoms with Crippen molar-refractivity contribution in [1.82, 2.24) is 19.3 Å². The van der Waals surface area contributed by atoms with Crippen LogP contribution >= 0.6 is 0 Å². The molecule has 0 spiro atoms. The van der Waals surface area contributed by atoms with Crippen LogP contribution in [0, 0.1) is 0 Å². The number of rotatable bonds is 3. The molecular formula is C12H19N5O2. The number of anilines is 1. The summed E-state index contributed by atoms with van der Waals surface area (Å²) in [6, 6.07) is 0. The molecule has 0 amide bonds. The maximum Gasteiger partial charge on any atom is 0.202 e. The average molecular weight is 265 g/mol. The van der Waals surface area contributed by atoms with Gasteiger partial charge in [0.2, 0.25) is 5.95 Å². The molecule has 3 heterocycles. The first-order valence-corrected chi connectivity index (χ1v) is 6.57. The van der Waals surface area contributed by atoms with Crippen LogP contribution in [-0.2, 0) is 29.5 Å². The van der Waals surface area contributed by atoms with Crippen LogP contribution in [0.5, 0.6) is 0 Å². The number of nitrogens with zero attached hydrogens (tertiary/aromatic N) is 4. The summed E-state index contributed by atoms with van der Waals surface area (Å²) in [7, 11) is 1.91. The summed E-state index contributed by atoms with van der Waals surface area (Å²) in [5, 5.41) is 4.47. The van der Waals surface area contributed by atoms with Gasteiger partial charge in [-0.15, -0.1) is 0 Å². The molecule has 2 aromatic rings. The van der Waals surface area contributed by atoms with Crippen molar-refractivity contribution < 1.29 is 9.47 Å². The number of hydrogen-bond donors (Lipinski definition) is 1. The van der Waals surface area contributed by atoms with Gasteiger partial charge in [0.1, 0.15) is 5.52 Å². The molecule has 7 heteroatoms. The van der Waals surface area contributed by atoms with E-state index in [4.69, 9.17) is 15.2 Å².